The summed E-state index contributed by atoms with van der Waals surface area (Å²) in [6.45, 7) is 0. The zero-order chi connectivity index (χ0) is 16.2. The van der Waals surface area contributed by atoms with Crippen LogP contribution < -0.4 is 0 Å². The third-order valence-electron chi connectivity index (χ3n) is 3.16. The van der Waals surface area contributed by atoms with E-state index in [1.54, 1.807) is 6.20 Å². The normalized spacial score (nSPS) is 12.0. The molecule has 23 heavy (non-hydrogen) atoms. The zero-order valence-electron chi connectivity index (χ0n) is 11.8. The molecular formula is C17H12FNO2S2. The Labute approximate surface area is 140 Å². The van der Waals surface area contributed by atoms with Crippen molar-refractivity contribution in [2.45, 2.75) is 9.59 Å². The van der Waals surface area contributed by atoms with Gasteiger partial charge in [-0.3, -0.25) is 4.79 Å². The van der Waals surface area contributed by atoms with Crippen LogP contribution in [-0.2, 0) is 4.79 Å². The van der Waals surface area contributed by atoms with Crippen LogP contribution in [-0.4, -0.2) is 16.1 Å². The number of carboxylic acid groups (broad SMARTS) is 1. The summed E-state index contributed by atoms with van der Waals surface area (Å²) in [4.78, 5) is 16.8. The van der Waals surface area contributed by atoms with Gasteiger partial charge in [0.25, 0.3) is 0 Å². The van der Waals surface area contributed by atoms with Gasteiger partial charge in [-0.15, -0.1) is 11.3 Å². The Hall–Kier alpha value is -2.18. The molecule has 116 valence electrons. The van der Waals surface area contributed by atoms with Crippen molar-refractivity contribution in [2.75, 3.05) is 0 Å². The number of nitrogens with zero attached hydrogens (tertiary/aromatic N) is 1. The van der Waals surface area contributed by atoms with Gasteiger partial charge in [0, 0.05) is 6.20 Å². The molecule has 0 aliphatic heterocycles. The fourth-order valence-electron chi connectivity index (χ4n) is 2.05. The molecule has 1 heterocycles. The summed E-state index contributed by atoms with van der Waals surface area (Å²) >= 11 is 2.60. The lowest BCUT2D eigenvalue weighted by Crippen LogP contribution is -2.07. The first-order chi connectivity index (χ1) is 11.1. The molecule has 0 spiro atoms. The summed E-state index contributed by atoms with van der Waals surface area (Å²) < 4.78 is 13.7. The van der Waals surface area contributed by atoms with Gasteiger partial charge >= 0.3 is 5.97 Å². The van der Waals surface area contributed by atoms with Crippen molar-refractivity contribution in [1.29, 1.82) is 0 Å². The maximum atomic E-state index is 13.0. The summed E-state index contributed by atoms with van der Waals surface area (Å²) in [6.07, 6.45) is 1.74. The van der Waals surface area contributed by atoms with Crippen LogP contribution in [0.15, 0.2) is 65.1 Å². The van der Waals surface area contributed by atoms with E-state index in [1.807, 2.05) is 30.3 Å². The Morgan fingerprint density at radius 2 is 1.83 bits per heavy atom. The number of carbonyl (C=O) groups is 1. The largest absolute Gasteiger partial charge is 0.480 e. The fourth-order valence-corrected chi connectivity index (χ4v) is 4.16. The molecule has 0 aliphatic carbocycles. The molecule has 0 aliphatic rings. The molecule has 0 saturated carbocycles. The molecule has 0 radical (unpaired) electrons. The van der Waals surface area contributed by atoms with Gasteiger partial charge in [0.1, 0.15) is 11.1 Å². The smallest absolute Gasteiger partial charge is 0.321 e. The van der Waals surface area contributed by atoms with Crippen molar-refractivity contribution >= 4 is 29.1 Å². The van der Waals surface area contributed by atoms with Crippen molar-refractivity contribution in [2.24, 2.45) is 0 Å². The van der Waals surface area contributed by atoms with E-state index in [9.17, 15) is 14.3 Å². The summed E-state index contributed by atoms with van der Waals surface area (Å²) in [7, 11) is 0. The van der Waals surface area contributed by atoms with Crippen LogP contribution >= 0.6 is 23.1 Å². The lowest BCUT2D eigenvalue weighted by atomic mass is 10.1. The van der Waals surface area contributed by atoms with Gasteiger partial charge in [-0.1, -0.05) is 54.2 Å². The van der Waals surface area contributed by atoms with Crippen molar-refractivity contribution in [3.8, 4) is 10.4 Å². The van der Waals surface area contributed by atoms with Gasteiger partial charge in [-0.2, -0.15) is 0 Å². The highest BCUT2D eigenvalue weighted by atomic mass is 32.2. The Bertz CT molecular complexity index is 803. The van der Waals surface area contributed by atoms with Crippen LogP contribution in [0, 0.1) is 5.82 Å². The van der Waals surface area contributed by atoms with Crippen LogP contribution in [0.1, 0.15) is 10.8 Å². The summed E-state index contributed by atoms with van der Waals surface area (Å²) in [6, 6.07) is 15.3. The highest BCUT2D eigenvalue weighted by molar-refractivity contribution is 8.01. The van der Waals surface area contributed by atoms with E-state index in [-0.39, 0.29) is 5.82 Å². The molecule has 0 amide bonds. The summed E-state index contributed by atoms with van der Waals surface area (Å²) in [5.41, 5.74) is 1.59. The molecule has 1 N–H and O–H groups in total. The van der Waals surface area contributed by atoms with Gasteiger partial charge in [0.2, 0.25) is 0 Å². The number of benzene rings is 2. The Morgan fingerprint density at radius 1 is 1.13 bits per heavy atom. The van der Waals surface area contributed by atoms with E-state index < -0.39 is 11.2 Å². The maximum Gasteiger partial charge on any atom is 0.321 e. The molecule has 0 fully saturated rings. The Morgan fingerprint density at radius 3 is 2.48 bits per heavy atom. The van der Waals surface area contributed by atoms with Crippen molar-refractivity contribution < 1.29 is 14.3 Å². The van der Waals surface area contributed by atoms with Crippen molar-refractivity contribution in [3.63, 3.8) is 0 Å². The topological polar surface area (TPSA) is 50.2 Å². The SMILES string of the molecule is O=C(O)C(Sc1ncc(-c2ccccc2)s1)c1ccc(F)cc1. The molecule has 1 aromatic heterocycles. The first kappa shape index (κ1) is 15.7. The molecule has 2 aromatic carbocycles. The minimum atomic E-state index is -0.974. The summed E-state index contributed by atoms with van der Waals surface area (Å²) in [5, 5.41) is 8.63. The molecule has 6 heteroatoms. The van der Waals surface area contributed by atoms with E-state index in [0.29, 0.717) is 9.90 Å². The first-order valence-corrected chi connectivity index (χ1v) is 8.49. The average Bonchev–Trinajstić information content (AvgIpc) is 3.03. The number of rotatable bonds is 5. The first-order valence-electron chi connectivity index (χ1n) is 6.79. The zero-order valence-corrected chi connectivity index (χ0v) is 13.5. The Kier molecular flexibility index (Phi) is 4.73. The second-order valence-corrected chi connectivity index (χ2v) is 7.13. The third kappa shape index (κ3) is 3.78. The lowest BCUT2D eigenvalue weighted by molar-refractivity contribution is -0.136. The van der Waals surface area contributed by atoms with E-state index >= 15 is 0 Å². The second kappa shape index (κ2) is 6.93. The molecule has 0 bridgehead atoms. The van der Waals surface area contributed by atoms with Crippen LogP contribution in [0.4, 0.5) is 4.39 Å². The number of hydrogen-bond acceptors (Lipinski definition) is 4. The molecule has 3 rings (SSSR count). The highest BCUT2D eigenvalue weighted by Gasteiger charge is 2.23. The number of hydrogen-bond donors (Lipinski definition) is 1. The summed E-state index contributed by atoms with van der Waals surface area (Å²) in [5.74, 6) is -1.36. The number of aliphatic carboxylic acids is 1. The van der Waals surface area contributed by atoms with Crippen LogP contribution in [0.2, 0.25) is 0 Å². The molecule has 3 nitrogen and oxygen atoms in total. The number of thioether (sulfide) groups is 1. The molecule has 0 saturated heterocycles. The van der Waals surface area contributed by atoms with Gasteiger partial charge in [0.15, 0.2) is 4.34 Å². The Balaban J connectivity index is 1.83. The van der Waals surface area contributed by atoms with Gasteiger partial charge in [-0.25, -0.2) is 9.37 Å². The standard InChI is InChI=1S/C17H12FNO2S2/c18-13-8-6-12(7-9-13)15(16(20)21)23-17-19-10-14(22-17)11-4-2-1-3-5-11/h1-10,15H,(H,20,21). The minimum Gasteiger partial charge on any atom is -0.480 e. The van der Waals surface area contributed by atoms with E-state index in [1.165, 1.54) is 35.6 Å². The molecule has 1 unspecified atom stereocenters. The quantitative estimate of drug-likeness (QED) is 0.671. The number of aromatic nitrogens is 1. The number of thiazole rings is 1. The van der Waals surface area contributed by atoms with E-state index in [4.69, 9.17) is 0 Å². The van der Waals surface area contributed by atoms with E-state index in [0.717, 1.165) is 22.2 Å². The van der Waals surface area contributed by atoms with Gasteiger partial charge < -0.3 is 5.11 Å². The lowest BCUT2D eigenvalue weighted by Gasteiger charge is -2.10. The molecule has 1 atom stereocenters. The minimum absolute atomic E-state index is 0.386. The van der Waals surface area contributed by atoms with Crippen molar-refractivity contribution in [3.05, 3.63) is 72.2 Å². The monoisotopic (exact) mass is 345 g/mol. The van der Waals surface area contributed by atoms with Crippen LogP contribution in [0.5, 0.6) is 0 Å². The maximum absolute atomic E-state index is 13.0. The predicted octanol–water partition coefficient (Wildman–Crippen LogP) is 4.87. The molecule has 3 aromatic rings. The highest BCUT2D eigenvalue weighted by Crippen LogP contribution is 2.39. The van der Waals surface area contributed by atoms with Crippen LogP contribution in [0.3, 0.4) is 0 Å². The average molecular weight is 345 g/mol. The van der Waals surface area contributed by atoms with E-state index in [2.05, 4.69) is 4.98 Å². The number of halogens is 1. The molecular weight excluding hydrogens is 333 g/mol. The fraction of sp³-hybridized carbons (Fsp3) is 0.0588. The predicted molar refractivity (Wildman–Crippen MR) is 90.2 cm³/mol. The van der Waals surface area contributed by atoms with Gasteiger partial charge in [-0.05, 0) is 23.3 Å². The van der Waals surface area contributed by atoms with Crippen molar-refractivity contribution in [1.82, 2.24) is 4.98 Å². The second-order valence-electron chi connectivity index (χ2n) is 4.74. The van der Waals surface area contributed by atoms with Crippen LogP contribution in [0.25, 0.3) is 10.4 Å². The third-order valence-corrected chi connectivity index (χ3v) is 5.55. The van der Waals surface area contributed by atoms with Gasteiger partial charge in [0.05, 0.1) is 4.88 Å². The number of carboxylic acids is 1.